The van der Waals surface area contributed by atoms with Gasteiger partial charge in [0.15, 0.2) is 5.96 Å². The van der Waals surface area contributed by atoms with Gasteiger partial charge in [0.1, 0.15) is 0 Å². The average molecular weight is 330 g/mol. The highest BCUT2D eigenvalue weighted by Crippen LogP contribution is 2.25. The summed E-state index contributed by atoms with van der Waals surface area (Å²) < 4.78 is 0. The molecule has 1 aliphatic heterocycles. The molecule has 2 aliphatic rings. The van der Waals surface area contributed by atoms with Gasteiger partial charge in [-0.3, -0.25) is 4.90 Å². The van der Waals surface area contributed by atoms with Crippen LogP contribution in [0.25, 0.3) is 0 Å². The molecular weight excluding hydrogens is 300 g/mol. The topological polar surface area (TPSA) is 73.9 Å². The summed E-state index contributed by atoms with van der Waals surface area (Å²) in [5.74, 6) is 1.34. The number of guanidine groups is 1. The lowest BCUT2D eigenvalue weighted by Gasteiger charge is -2.29. The maximum atomic E-state index is 9.56. The van der Waals surface area contributed by atoms with Crippen LogP contribution in [0.2, 0.25) is 0 Å². The number of aliphatic hydroxyl groups is 1. The van der Waals surface area contributed by atoms with Gasteiger partial charge in [-0.1, -0.05) is 30.7 Å². The second kappa shape index (κ2) is 8.49. The Labute approximate surface area is 145 Å². The summed E-state index contributed by atoms with van der Waals surface area (Å²) in [5.41, 5.74) is 8.42. The van der Waals surface area contributed by atoms with Crippen LogP contribution in [0, 0.1) is 5.92 Å². The van der Waals surface area contributed by atoms with Gasteiger partial charge >= 0.3 is 0 Å². The van der Waals surface area contributed by atoms with E-state index in [0.717, 1.165) is 44.9 Å². The van der Waals surface area contributed by atoms with Gasteiger partial charge in [0.2, 0.25) is 0 Å². The first-order chi connectivity index (χ1) is 11.7. The average Bonchev–Trinajstić information content (AvgIpc) is 2.55. The molecule has 24 heavy (non-hydrogen) atoms. The molecule has 1 saturated heterocycles. The highest BCUT2D eigenvalue weighted by Gasteiger charge is 2.17. The van der Waals surface area contributed by atoms with E-state index in [1.54, 1.807) is 0 Å². The maximum Gasteiger partial charge on any atom is 0.188 e. The summed E-state index contributed by atoms with van der Waals surface area (Å²) in [6.07, 6.45) is 5.66. The first-order valence-electron chi connectivity index (χ1n) is 9.21. The Hall–Kier alpha value is -1.59. The standard InChI is InChI=1S/C19H30N4O/c20-19(21-12-15-2-1-3-15)22-13-16-4-6-17(7-5-16)14-23-10-8-18(24)9-11-23/h4-7,15,18,24H,1-3,8-14H2,(H3,20,21,22). The molecule has 1 heterocycles. The Balaban J connectivity index is 1.42. The van der Waals surface area contributed by atoms with E-state index in [2.05, 4.69) is 39.5 Å². The number of hydrogen-bond donors (Lipinski definition) is 3. The molecule has 1 aromatic rings. The van der Waals surface area contributed by atoms with Gasteiger partial charge in [0, 0.05) is 26.2 Å². The molecule has 5 heteroatoms. The van der Waals surface area contributed by atoms with Crippen LogP contribution in [-0.2, 0) is 13.1 Å². The molecule has 0 radical (unpaired) electrons. The zero-order valence-electron chi connectivity index (χ0n) is 14.5. The zero-order valence-corrected chi connectivity index (χ0v) is 14.5. The molecule has 4 N–H and O–H groups in total. The van der Waals surface area contributed by atoms with Gasteiger partial charge in [0.05, 0.1) is 12.6 Å². The van der Waals surface area contributed by atoms with E-state index in [9.17, 15) is 5.11 Å². The quantitative estimate of drug-likeness (QED) is 0.550. The molecule has 5 nitrogen and oxygen atoms in total. The van der Waals surface area contributed by atoms with Crippen LogP contribution in [0.3, 0.4) is 0 Å². The van der Waals surface area contributed by atoms with E-state index in [4.69, 9.17) is 5.73 Å². The number of nitrogens with two attached hydrogens (primary N) is 1. The fraction of sp³-hybridized carbons (Fsp3) is 0.632. The normalized spacial score (nSPS) is 20.8. The molecule has 2 fully saturated rings. The summed E-state index contributed by atoms with van der Waals surface area (Å²) >= 11 is 0. The van der Waals surface area contributed by atoms with E-state index < -0.39 is 0 Å². The Kier molecular flexibility index (Phi) is 6.10. The van der Waals surface area contributed by atoms with E-state index in [1.807, 2.05) is 0 Å². The fourth-order valence-corrected chi connectivity index (χ4v) is 3.26. The van der Waals surface area contributed by atoms with E-state index >= 15 is 0 Å². The van der Waals surface area contributed by atoms with Crippen molar-refractivity contribution < 1.29 is 5.11 Å². The van der Waals surface area contributed by atoms with E-state index in [0.29, 0.717) is 12.5 Å². The van der Waals surface area contributed by atoms with Crippen molar-refractivity contribution in [3.8, 4) is 0 Å². The summed E-state index contributed by atoms with van der Waals surface area (Å²) in [5, 5.41) is 12.8. The van der Waals surface area contributed by atoms with Crippen LogP contribution < -0.4 is 11.1 Å². The highest BCUT2D eigenvalue weighted by molar-refractivity contribution is 5.77. The Morgan fingerprint density at radius 1 is 1.12 bits per heavy atom. The molecule has 0 atom stereocenters. The minimum absolute atomic E-state index is 0.107. The third-order valence-electron chi connectivity index (χ3n) is 5.21. The molecule has 0 amide bonds. The van der Waals surface area contributed by atoms with Crippen molar-refractivity contribution >= 4 is 5.96 Å². The van der Waals surface area contributed by atoms with E-state index in [1.165, 1.54) is 30.4 Å². The van der Waals surface area contributed by atoms with Crippen molar-refractivity contribution in [3.63, 3.8) is 0 Å². The van der Waals surface area contributed by atoms with Crippen LogP contribution in [0.15, 0.2) is 29.3 Å². The van der Waals surface area contributed by atoms with Gasteiger partial charge in [-0.2, -0.15) is 0 Å². The number of rotatable bonds is 6. The number of hydrogen-bond acceptors (Lipinski definition) is 3. The van der Waals surface area contributed by atoms with Gasteiger partial charge < -0.3 is 16.2 Å². The largest absolute Gasteiger partial charge is 0.393 e. The minimum atomic E-state index is -0.107. The summed E-state index contributed by atoms with van der Waals surface area (Å²) in [6, 6.07) is 8.62. The van der Waals surface area contributed by atoms with Crippen molar-refractivity contribution in [2.75, 3.05) is 19.6 Å². The number of nitrogens with zero attached hydrogens (tertiary/aromatic N) is 2. The predicted molar refractivity (Wildman–Crippen MR) is 97.6 cm³/mol. The zero-order chi connectivity index (χ0) is 16.8. The van der Waals surface area contributed by atoms with Gasteiger partial charge in [-0.15, -0.1) is 0 Å². The number of likely N-dealkylation sites (tertiary alicyclic amines) is 1. The number of nitrogens with one attached hydrogen (secondary N) is 1. The monoisotopic (exact) mass is 330 g/mol. The summed E-state index contributed by atoms with van der Waals surface area (Å²) in [4.78, 5) is 6.83. The number of piperidine rings is 1. The first-order valence-corrected chi connectivity index (χ1v) is 9.21. The third kappa shape index (κ3) is 5.21. The molecule has 1 saturated carbocycles. The Morgan fingerprint density at radius 2 is 1.79 bits per heavy atom. The van der Waals surface area contributed by atoms with Crippen molar-refractivity contribution in [1.82, 2.24) is 10.2 Å². The van der Waals surface area contributed by atoms with Crippen LogP contribution in [0.1, 0.15) is 43.2 Å². The van der Waals surface area contributed by atoms with Gasteiger partial charge in [0.25, 0.3) is 0 Å². The molecular formula is C19H30N4O. The lowest BCUT2D eigenvalue weighted by atomic mass is 9.85. The lowest BCUT2D eigenvalue weighted by molar-refractivity contribution is 0.0792. The molecule has 0 spiro atoms. The third-order valence-corrected chi connectivity index (χ3v) is 5.21. The van der Waals surface area contributed by atoms with Crippen molar-refractivity contribution in [1.29, 1.82) is 0 Å². The molecule has 0 bridgehead atoms. The summed E-state index contributed by atoms with van der Waals surface area (Å²) in [7, 11) is 0. The number of benzene rings is 1. The van der Waals surface area contributed by atoms with Crippen molar-refractivity contribution in [2.24, 2.45) is 16.6 Å². The van der Waals surface area contributed by atoms with Crippen molar-refractivity contribution in [3.05, 3.63) is 35.4 Å². The lowest BCUT2D eigenvalue weighted by Crippen LogP contribution is -2.37. The Bertz CT molecular complexity index is 531. The smallest absolute Gasteiger partial charge is 0.188 e. The Morgan fingerprint density at radius 3 is 2.42 bits per heavy atom. The molecule has 0 unspecified atom stereocenters. The molecule has 1 aliphatic carbocycles. The van der Waals surface area contributed by atoms with Crippen molar-refractivity contribution in [2.45, 2.75) is 51.3 Å². The van der Waals surface area contributed by atoms with Gasteiger partial charge in [-0.25, -0.2) is 4.99 Å². The fourth-order valence-electron chi connectivity index (χ4n) is 3.26. The molecule has 0 aromatic heterocycles. The SMILES string of the molecule is NC(=NCc1ccc(CN2CCC(O)CC2)cc1)NCC1CCC1. The van der Waals surface area contributed by atoms with Crippen LogP contribution in [0.4, 0.5) is 0 Å². The highest BCUT2D eigenvalue weighted by atomic mass is 16.3. The molecule has 1 aromatic carbocycles. The minimum Gasteiger partial charge on any atom is -0.393 e. The predicted octanol–water partition coefficient (Wildman–Crippen LogP) is 1.85. The van der Waals surface area contributed by atoms with Crippen LogP contribution >= 0.6 is 0 Å². The number of aliphatic hydroxyl groups excluding tert-OH is 1. The molecule has 3 rings (SSSR count). The van der Waals surface area contributed by atoms with Gasteiger partial charge in [-0.05, 0) is 42.7 Å². The second-order valence-electron chi connectivity index (χ2n) is 7.20. The maximum absolute atomic E-state index is 9.56. The first kappa shape index (κ1) is 17.2. The number of aliphatic imine (C=N–C) groups is 1. The van der Waals surface area contributed by atoms with Crippen LogP contribution in [0.5, 0.6) is 0 Å². The van der Waals surface area contributed by atoms with Crippen LogP contribution in [-0.4, -0.2) is 41.7 Å². The second-order valence-corrected chi connectivity index (χ2v) is 7.20. The van der Waals surface area contributed by atoms with E-state index in [-0.39, 0.29) is 6.10 Å². The summed E-state index contributed by atoms with van der Waals surface area (Å²) in [6.45, 7) is 4.51. The molecule has 132 valence electrons.